The molecule has 2 aromatic heterocycles. The van der Waals surface area contributed by atoms with E-state index in [1.165, 1.54) is 6.20 Å². The van der Waals surface area contributed by atoms with Crippen molar-refractivity contribution in [2.75, 3.05) is 0 Å². The van der Waals surface area contributed by atoms with Crippen molar-refractivity contribution in [3.63, 3.8) is 0 Å². The van der Waals surface area contributed by atoms with Crippen molar-refractivity contribution >= 4 is 19.7 Å². The predicted octanol–water partition coefficient (Wildman–Crippen LogP) is 1.69. The van der Waals surface area contributed by atoms with Crippen molar-refractivity contribution in [3.05, 3.63) is 29.5 Å². The van der Waals surface area contributed by atoms with Gasteiger partial charge in [-0.2, -0.15) is 5.10 Å². The second-order valence-electron chi connectivity index (χ2n) is 4.28. The average Bonchev–Trinajstić information content (AvgIpc) is 2.83. The Kier molecular flexibility index (Phi) is 3.69. The molecular weight excluding hydrogens is 288 g/mol. The minimum atomic E-state index is -3.79. The summed E-state index contributed by atoms with van der Waals surface area (Å²) in [6, 6.07) is 1.97. The molecule has 104 valence electrons. The first-order valence-electron chi connectivity index (χ1n) is 5.83. The van der Waals surface area contributed by atoms with Crippen LogP contribution in [0.2, 0.25) is 0 Å². The van der Waals surface area contributed by atoms with Gasteiger partial charge in [0.25, 0.3) is 9.05 Å². The quantitative estimate of drug-likeness (QED) is 0.806. The third-order valence-electron chi connectivity index (χ3n) is 2.82. The van der Waals surface area contributed by atoms with Crippen molar-refractivity contribution in [2.24, 2.45) is 0 Å². The highest BCUT2D eigenvalue weighted by Crippen LogP contribution is 2.16. The van der Waals surface area contributed by atoms with Crippen molar-refractivity contribution in [1.82, 2.24) is 19.3 Å². The Hall–Kier alpha value is -1.34. The molecule has 0 saturated carbocycles. The van der Waals surface area contributed by atoms with Crippen LogP contribution in [0.4, 0.5) is 0 Å². The maximum absolute atomic E-state index is 11.3. The van der Waals surface area contributed by atoms with Crippen LogP contribution in [0.25, 0.3) is 0 Å². The highest BCUT2D eigenvalue weighted by atomic mass is 35.7. The number of imidazole rings is 1. The number of halogens is 1. The normalized spacial score (nSPS) is 12.0. The molecule has 0 fully saturated rings. The topological polar surface area (TPSA) is 69.8 Å². The molecule has 19 heavy (non-hydrogen) atoms. The number of nitrogens with zero attached hydrogens (tertiary/aromatic N) is 4. The molecule has 0 N–H and O–H groups in total. The van der Waals surface area contributed by atoms with Gasteiger partial charge in [0.05, 0.1) is 17.9 Å². The molecular formula is C11H15ClN4O2S. The van der Waals surface area contributed by atoms with Gasteiger partial charge in [-0.25, -0.2) is 13.4 Å². The van der Waals surface area contributed by atoms with Crippen molar-refractivity contribution < 1.29 is 8.42 Å². The number of rotatable bonds is 4. The van der Waals surface area contributed by atoms with Crippen LogP contribution in [0.5, 0.6) is 0 Å². The van der Waals surface area contributed by atoms with Crippen LogP contribution in [0.15, 0.2) is 17.3 Å². The standard InChI is InChI=1S/C11H15ClN4O2S/c1-4-16-10(5-8(2)14-16)6-15-7-11(13-9(15)3)19(12,17)18/h5,7H,4,6H2,1-3H3. The SMILES string of the molecule is CCn1nc(C)cc1Cn1cc(S(=O)(=O)Cl)nc1C. The lowest BCUT2D eigenvalue weighted by Crippen LogP contribution is -2.08. The molecule has 0 atom stereocenters. The second-order valence-corrected chi connectivity index (χ2v) is 6.80. The first kappa shape index (κ1) is 14.1. The Morgan fingerprint density at radius 3 is 2.58 bits per heavy atom. The fourth-order valence-corrected chi connectivity index (χ4v) is 2.65. The molecule has 8 heteroatoms. The molecule has 2 rings (SSSR count). The van der Waals surface area contributed by atoms with Gasteiger partial charge in [-0.15, -0.1) is 0 Å². The highest BCUT2D eigenvalue weighted by molar-refractivity contribution is 8.13. The van der Waals surface area contributed by atoms with Crippen LogP contribution in [0, 0.1) is 13.8 Å². The van der Waals surface area contributed by atoms with E-state index in [0.29, 0.717) is 12.4 Å². The van der Waals surface area contributed by atoms with Gasteiger partial charge < -0.3 is 4.57 Å². The maximum Gasteiger partial charge on any atom is 0.280 e. The van der Waals surface area contributed by atoms with Gasteiger partial charge in [-0.1, -0.05) is 0 Å². The number of hydrogen-bond donors (Lipinski definition) is 0. The molecule has 2 heterocycles. The van der Waals surface area contributed by atoms with E-state index in [-0.39, 0.29) is 5.03 Å². The first-order chi connectivity index (χ1) is 8.81. The van der Waals surface area contributed by atoms with E-state index >= 15 is 0 Å². The summed E-state index contributed by atoms with van der Waals surface area (Å²) in [5.41, 5.74) is 1.93. The Labute approximate surface area is 116 Å². The highest BCUT2D eigenvalue weighted by Gasteiger charge is 2.17. The molecule has 2 aromatic rings. The minimum Gasteiger partial charge on any atom is -0.328 e. The van der Waals surface area contributed by atoms with Crippen molar-refractivity contribution in [1.29, 1.82) is 0 Å². The Morgan fingerprint density at radius 2 is 2.05 bits per heavy atom. The number of aromatic nitrogens is 4. The minimum absolute atomic E-state index is 0.119. The molecule has 0 radical (unpaired) electrons. The Morgan fingerprint density at radius 1 is 1.37 bits per heavy atom. The van der Waals surface area contributed by atoms with Crippen LogP contribution in [-0.2, 0) is 22.1 Å². The van der Waals surface area contributed by atoms with Gasteiger partial charge in [0.15, 0.2) is 5.03 Å². The zero-order valence-electron chi connectivity index (χ0n) is 11.0. The molecule has 0 bridgehead atoms. The van der Waals surface area contributed by atoms with Crippen molar-refractivity contribution in [2.45, 2.75) is 38.9 Å². The van der Waals surface area contributed by atoms with Gasteiger partial charge in [-0.05, 0) is 26.8 Å². The van der Waals surface area contributed by atoms with E-state index in [2.05, 4.69) is 10.1 Å². The van der Waals surface area contributed by atoms with Crippen LogP contribution in [0.3, 0.4) is 0 Å². The molecule has 0 unspecified atom stereocenters. The van der Waals surface area contributed by atoms with E-state index in [4.69, 9.17) is 10.7 Å². The molecule has 6 nitrogen and oxygen atoms in total. The van der Waals surface area contributed by atoms with Crippen LogP contribution in [0.1, 0.15) is 24.1 Å². The molecule has 0 aromatic carbocycles. The molecule has 0 amide bonds. The predicted molar refractivity (Wildman–Crippen MR) is 71.7 cm³/mol. The summed E-state index contributed by atoms with van der Waals surface area (Å²) in [6.07, 6.45) is 1.44. The molecule has 0 aliphatic heterocycles. The largest absolute Gasteiger partial charge is 0.328 e. The third-order valence-corrected chi connectivity index (χ3v) is 3.99. The van der Waals surface area contributed by atoms with E-state index in [1.807, 2.05) is 24.6 Å². The molecule has 0 aliphatic rings. The molecule has 0 aliphatic carbocycles. The van der Waals surface area contributed by atoms with Gasteiger partial charge in [-0.3, -0.25) is 4.68 Å². The number of hydrogen-bond acceptors (Lipinski definition) is 4. The summed E-state index contributed by atoms with van der Waals surface area (Å²) >= 11 is 0. The van der Waals surface area contributed by atoms with E-state index in [1.54, 1.807) is 11.5 Å². The molecule has 0 spiro atoms. The van der Waals surface area contributed by atoms with Crippen LogP contribution < -0.4 is 0 Å². The third kappa shape index (κ3) is 2.98. The van der Waals surface area contributed by atoms with Crippen LogP contribution >= 0.6 is 10.7 Å². The maximum atomic E-state index is 11.3. The number of aryl methyl sites for hydroxylation is 3. The van der Waals surface area contributed by atoms with E-state index in [9.17, 15) is 8.42 Å². The van der Waals surface area contributed by atoms with Crippen molar-refractivity contribution in [3.8, 4) is 0 Å². The summed E-state index contributed by atoms with van der Waals surface area (Å²) in [5.74, 6) is 0.598. The van der Waals surface area contributed by atoms with Gasteiger partial charge in [0.1, 0.15) is 5.82 Å². The summed E-state index contributed by atoms with van der Waals surface area (Å²) < 4.78 is 26.1. The Bertz CT molecular complexity index is 702. The zero-order chi connectivity index (χ0) is 14.2. The van der Waals surface area contributed by atoms with E-state index < -0.39 is 9.05 Å². The molecule has 0 saturated heterocycles. The second kappa shape index (κ2) is 4.97. The van der Waals surface area contributed by atoms with Gasteiger partial charge >= 0.3 is 0 Å². The average molecular weight is 303 g/mol. The first-order valence-corrected chi connectivity index (χ1v) is 8.14. The van der Waals surface area contributed by atoms with Gasteiger partial charge in [0, 0.05) is 23.4 Å². The Balaban J connectivity index is 2.36. The zero-order valence-corrected chi connectivity index (χ0v) is 12.5. The van der Waals surface area contributed by atoms with E-state index in [0.717, 1.165) is 17.9 Å². The van der Waals surface area contributed by atoms with Gasteiger partial charge in [0.2, 0.25) is 0 Å². The smallest absolute Gasteiger partial charge is 0.280 e. The summed E-state index contributed by atoms with van der Waals surface area (Å²) in [7, 11) is 1.50. The summed E-state index contributed by atoms with van der Waals surface area (Å²) in [6.45, 7) is 6.94. The summed E-state index contributed by atoms with van der Waals surface area (Å²) in [4.78, 5) is 3.95. The fraction of sp³-hybridized carbons (Fsp3) is 0.455. The summed E-state index contributed by atoms with van der Waals surface area (Å²) in [5, 5.41) is 4.23. The lowest BCUT2D eigenvalue weighted by molar-refractivity contribution is 0.592. The van der Waals surface area contributed by atoms with Crippen LogP contribution in [-0.4, -0.2) is 27.7 Å². The lowest BCUT2D eigenvalue weighted by Gasteiger charge is -2.06. The monoisotopic (exact) mass is 302 g/mol. The fourth-order valence-electron chi connectivity index (χ4n) is 1.93. The lowest BCUT2D eigenvalue weighted by atomic mass is 10.3.